The van der Waals surface area contributed by atoms with E-state index in [0.717, 1.165) is 15.3 Å². The van der Waals surface area contributed by atoms with Crippen LogP contribution in [0.3, 0.4) is 0 Å². The molecule has 0 aliphatic carbocycles. The molecule has 0 aromatic carbocycles. The molecule has 2 heterocycles. The first-order chi connectivity index (χ1) is 7.56. The number of nitrogens with two attached hydrogens (primary N) is 1. The van der Waals surface area contributed by atoms with Gasteiger partial charge in [0, 0.05) is 15.5 Å². The predicted octanol–water partition coefficient (Wildman–Crippen LogP) is 3.24. The monoisotopic (exact) mass is 298 g/mol. The van der Waals surface area contributed by atoms with Gasteiger partial charge in [-0.05, 0) is 35.8 Å². The number of rotatable bonds is 2. The molecule has 0 fully saturated rings. The van der Waals surface area contributed by atoms with Crippen LogP contribution in [0.2, 0.25) is 0 Å². The van der Waals surface area contributed by atoms with Crippen molar-refractivity contribution in [1.82, 2.24) is 9.97 Å². The SMILES string of the molecule is Cc1nc(Nc2ncc(Br)cc2N)sc1C. The number of aryl methyl sites for hydroxylation is 2. The largest absolute Gasteiger partial charge is 0.396 e. The van der Waals surface area contributed by atoms with Gasteiger partial charge in [0.15, 0.2) is 10.9 Å². The molecule has 0 radical (unpaired) electrons. The lowest BCUT2D eigenvalue weighted by Crippen LogP contribution is -1.98. The van der Waals surface area contributed by atoms with Crippen molar-refractivity contribution >= 4 is 43.9 Å². The second kappa shape index (κ2) is 4.39. The molecule has 16 heavy (non-hydrogen) atoms. The van der Waals surface area contributed by atoms with Crippen molar-refractivity contribution in [3.05, 3.63) is 27.3 Å². The molecule has 0 saturated carbocycles. The van der Waals surface area contributed by atoms with Gasteiger partial charge in [-0.2, -0.15) is 0 Å². The van der Waals surface area contributed by atoms with Crippen molar-refractivity contribution in [3.63, 3.8) is 0 Å². The first-order valence-electron chi connectivity index (χ1n) is 4.68. The Balaban J connectivity index is 2.27. The first-order valence-corrected chi connectivity index (χ1v) is 6.29. The third kappa shape index (κ3) is 2.33. The van der Waals surface area contributed by atoms with Crippen molar-refractivity contribution in [1.29, 1.82) is 0 Å². The Morgan fingerprint density at radius 3 is 2.75 bits per heavy atom. The van der Waals surface area contributed by atoms with Crippen LogP contribution in [0.15, 0.2) is 16.7 Å². The molecule has 0 aliphatic heterocycles. The standard InChI is InChI=1S/C10H11BrN4S/c1-5-6(2)16-10(14-5)15-9-8(12)3-7(11)4-13-9/h3-4H,12H2,1-2H3,(H,13,14,15). The van der Waals surface area contributed by atoms with E-state index in [4.69, 9.17) is 5.73 Å². The number of anilines is 3. The molecule has 2 aromatic rings. The summed E-state index contributed by atoms with van der Waals surface area (Å²) < 4.78 is 0.863. The van der Waals surface area contributed by atoms with Gasteiger partial charge in [-0.3, -0.25) is 0 Å². The van der Waals surface area contributed by atoms with Crippen molar-refractivity contribution in [2.75, 3.05) is 11.1 Å². The number of nitrogens with one attached hydrogen (secondary N) is 1. The Morgan fingerprint density at radius 1 is 1.44 bits per heavy atom. The molecule has 0 aliphatic rings. The van der Waals surface area contributed by atoms with Gasteiger partial charge in [0.05, 0.1) is 11.4 Å². The molecular weight excluding hydrogens is 288 g/mol. The summed E-state index contributed by atoms with van der Waals surface area (Å²) in [5.41, 5.74) is 7.46. The van der Waals surface area contributed by atoms with Gasteiger partial charge < -0.3 is 11.1 Å². The van der Waals surface area contributed by atoms with Crippen LogP contribution in [0.5, 0.6) is 0 Å². The lowest BCUT2D eigenvalue weighted by molar-refractivity contribution is 1.21. The summed E-state index contributed by atoms with van der Waals surface area (Å²) >= 11 is 4.91. The summed E-state index contributed by atoms with van der Waals surface area (Å²) in [4.78, 5) is 9.76. The minimum atomic E-state index is 0.597. The molecule has 6 heteroatoms. The second-order valence-corrected chi connectivity index (χ2v) is 5.50. The summed E-state index contributed by atoms with van der Waals surface area (Å²) in [6, 6.07) is 1.81. The van der Waals surface area contributed by atoms with Crippen LogP contribution >= 0.6 is 27.3 Å². The zero-order valence-electron chi connectivity index (χ0n) is 8.91. The highest BCUT2D eigenvalue weighted by atomic mass is 79.9. The molecule has 4 nitrogen and oxygen atoms in total. The Hall–Kier alpha value is -1.14. The summed E-state index contributed by atoms with van der Waals surface area (Å²) in [5.74, 6) is 0.636. The van der Waals surface area contributed by atoms with Crippen LogP contribution in [-0.4, -0.2) is 9.97 Å². The van der Waals surface area contributed by atoms with E-state index in [1.54, 1.807) is 17.5 Å². The molecule has 2 rings (SSSR count). The molecule has 0 atom stereocenters. The average Bonchev–Trinajstić information content (AvgIpc) is 2.51. The molecule has 3 N–H and O–H groups in total. The summed E-state index contributed by atoms with van der Waals surface area (Å²) in [7, 11) is 0. The zero-order chi connectivity index (χ0) is 11.7. The van der Waals surface area contributed by atoms with Gasteiger partial charge in [0.25, 0.3) is 0 Å². The van der Waals surface area contributed by atoms with Crippen molar-refractivity contribution in [2.24, 2.45) is 0 Å². The highest BCUT2D eigenvalue weighted by molar-refractivity contribution is 9.10. The fraction of sp³-hybridized carbons (Fsp3) is 0.200. The summed E-state index contributed by atoms with van der Waals surface area (Å²) in [6.07, 6.45) is 1.70. The Kier molecular flexibility index (Phi) is 3.11. The normalized spacial score (nSPS) is 10.4. The Bertz CT molecular complexity index is 504. The molecular formula is C10H11BrN4S. The lowest BCUT2D eigenvalue weighted by Gasteiger charge is -2.04. The minimum Gasteiger partial charge on any atom is -0.396 e. The van der Waals surface area contributed by atoms with E-state index in [2.05, 4.69) is 31.2 Å². The van der Waals surface area contributed by atoms with Gasteiger partial charge in [-0.15, -0.1) is 11.3 Å². The molecule has 84 valence electrons. The summed E-state index contributed by atoms with van der Waals surface area (Å²) in [5, 5.41) is 3.93. The van der Waals surface area contributed by atoms with E-state index in [1.165, 1.54) is 4.88 Å². The van der Waals surface area contributed by atoms with E-state index >= 15 is 0 Å². The maximum atomic E-state index is 5.84. The second-order valence-electron chi connectivity index (χ2n) is 3.38. The number of nitrogen functional groups attached to an aromatic ring is 1. The van der Waals surface area contributed by atoms with Crippen LogP contribution in [0.1, 0.15) is 10.6 Å². The van der Waals surface area contributed by atoms with Crippen molar-refractivity contribution < 1.29 is 0 Å². The minimum absolute atomic E-state index is 0.597. The number of thiazole rings is 1. The van der Waals surface area contributed by atoms with Gasteiger partial charge in [-0.25, -0.2) is 9.97 Å². The topological polar surface area (TPSA) is 63.8 Å². The quantitative estimate of drug-likeness (QED) is 0.893. The predicted molar refractivity (Wildman–Crippen MR) is 71.2 cm³/mol. The number of aromatic nitrogens is 2. The number of nitrogens with zero attached hydrogens (tertiary/aromatic N) is 2. The van der Waals surface area contributed by atoms with Crippen LogP contribution in [0, 0.1) is 13.8 Å². The maximum absolute atomic E-state index is 5.84. The fourth-order valence-corrected chi connectivity index (χ4v) is 2.35. The molecule has 2 aromatic heterocycles. The smallest absolute Gasteiger partial charge is 0.188 e. The van der Waals surface area contributed by atoms with Gasteiger partial charge in [-0.1, -0.05) is 0 Å². The van der Waals surface area contributed by atoms with Crippen LogP contribution < -0.4 is 11.1 Å². The maximum Gasteiger partial charge on any atom is 0.188 e. The molecule has 0 unspecified atom stereocenters. The van der Waals surface area contributed by atoms with E-state index in [1.807, 2.05) is 19.9 Å². The van der Waals surface area contributed by atoms with E-state index in [9.17, 15) is 0 Å². The Morgan fingerprint density at radius 2 is 2.19 bits per heavy atom. The Labute approximate surface area is 106 Å². The third-order valence-electron chi connectivity index (χ3n) is 2.14. The number of hydrogen-bond acceptors (Lipinski definition) is 5. The zero-order valence-corrected chi connectivity index (χ0v) is 11.3. The van der Waals surface area contributed by atoms with Crippen LogP contribution in [0.25, 0.3) is 0 Å². The van der Waals surface area contributed by atoms with Crippen molar-refractivity contribution in [3.8, 4) is 0 Å². The van der Waals surface area contributed by atoms with E-state index < -0.39 is 0 Å². The highest BCUT2D eigenvalue weighted by Crippen LogP contribution is 2.27. The van der Waals surface area contributed by atoms with E-state index in [0.29, 0.717) is 11.5 Å². The molecule has 0 bridgehead atoms. The van der Waals surface area contributed by atoms with E-state index in [-0.39, 0.29) is 0 Å². The first kappa shape index (κ1) is 11.3. The van der Waals surface area contributed by atoms with Crippen LogP contribution in [-0.2, 0) is 0 Å². The number of hydrogen-bond donors (Lipinski definition) is 2. The highest BCUT2D eigenvalue weighted by Gasteiger charge is 2.06. The van der Waals surface area contributed by atoms with Gasteiger partial charge in [0.2, 0.25) is 0 Å². The molecule has 0 spiro atoms. The molecule has 0 amide bonds. The van der Waals surface area contributed by atoms with Crippen LogP contribution in [0.4, 0.5) is 16.6 Å². The fourth-order valence-electron chi connectivity index (χ4n) is 1.19. The third-order valence-corrected chi connectivity index (χ3v) is 3.56. The number of halogens is 1. The van der Waals surface area contributed by atoms with Crippen molar-refractivity contribution in [2.45, 2.75) is 13.8 Å². The molecule has 0 saturated heterocycles. The average molecular weight is 299 g/mol. The summed E-state index contributed by atoms with van der Waals surface area (Å²) in [6.45, 7) is 4.02. The van der Waals surface area contributed by atoms with Gasteiger partial charge >= 0.3 is 0 Å². The van der Waals surface area contributed by atoms with Gasteiger partial charge in [0.1, 0.15) is 0 Å². The lowest BCUT2D eigenvalue weighted by atomic mass is 10.4. The number of pyridine rings is 1.